The summed E-state index contributed by atoms with van der Waals surface area (Å²) in [7, 11) is 1.85. The van der Waals surface area contributed by atoms with Crippen LogP contribution in [0.3, 0.4) is 0 Å². The maximum absolute atomic E-state index is 13.6. The Balaban J connectivity index is 2.09. The van der Waals surface area contributed by atoms with Crippen molar-refractivity contribution in [3.05, 3.63) is 39.9 Å². The zero-order chi connectivity index (χ0) is 13.1. The molecule has 1 heterocycles. The van der Waals surface area contributed by atoms with E-state index >= 15 is 0 Å². The Morgan fingerprint density at radius 1 is 1.44 bits per heavy atom. The fourth-order valence-electron chi connectivity index (χ4n) is 1.43. The van der Waals surface area contributed by atoms with Crippen molar-refractivity contribution in [2.24, 2.45) is 12.8 Å². The van der Waals surface area contributed by atoms with Crippen molar-refractivity contribution in [3.63, 3.8) is 0 Å². The maximum atomic E-state index is 13.6. The molecule has 0 saturated heterocycles. The summed E-state index contributed by atoms with van der Waals surface area (Å²) in [6, 6.07) is 5.03. The molecular weight excluding hydrogens is 319 g/mol. The number of aromatic nitrogens is 3. The van der Waals surface area contributed by atoms with E-state index in [0.717, 1.165) is 9.63 Å². The molecule has 1 aromatic heterocycles. The zero-order valence-electron chi connectivity index (χ0n) is 9.73. The van der Waals surface area contributed by atoms with Crippen LogP contribution in [0.4, 0.5) is 4.39 Å². The molecule has 0 amide bonds. The smallest absolute Gasteiger partial charge is 0.191 e. The molecular formula is C11H12BrFN4S. The lowest BCUT2D eigenvalue weighted by molar-refractivity contribution is 0.616. The highest BCUT2D eigenvalue weighted by atomic mass is 79.9. The van der Waals surface area contributed by atoms with Gasteiger partial charge in [-0.3, -0.25) is 0 Å². The molecule has 96 valence electrons. The minimum atomic E-state index is -0.224. The number of benzene rings is 1. The average Bonchev–Trinajstić information content (AvgIpc) is 2.69. The fraction of sp³-hybridized carbons (Fsp3) is 0.273. The summed E-state index contributed by atoms with van der Waals surface area (Å²) < 4.78 is 16.2. The lowest BCUT2D eigenvalue weighted by Crippen LogP contribution is -2.05. The van der Waals surface area contributed by atoms with E-state index < -0.39 is 0 Å². The van der Waals surface area contributed by atoms with Crippen LogP contribution in [0.25, 0.3) is 0 Å². The van der Waals surface area contributed by atoms with Crippen molar-refractivity contribution < 1.29 is 4.39 Å². The van der Waals surface area contributed by atoms with E-state index in [4.69, 9.17) is 5.73 Å². The lowest BCUT2D eigenvalue weighted by atomic mass is 10.2. The van der Waals surface area contributed by atoms with Gasteiger partial charge in [-0.05, 0) is 17.7 Å². The second-order valence-electron chi connectivity index (χ2n) is 3.69. The van der Waals surface area contributed by atoms with Crippen LogP contribution >= 0.6 is 27.7 Å². The van der Waals surface area contributed by atoms with Gasteiger partial charge < -0.3 is 10.3 Å². The Morgan fingerprint density at radius 3 is 2.83 bits per heavy atom. The monoisotopic (exact) mass is 330 g/mol. The molecule has 0 aliphatic rings. The Labute approximate surface area is 117 Å². The summed E-state index contributed by atoms with van der Waals surface area (Å²) in [5.41, 5.74) is 6.15. The summed E-state index contributed by atoms with van der Waals surface area (Å²) >= 11 is 4.66. The first-order valence-corrected chi connectivity index (χ1v) is 7.04. The summed E-state index contributed by atoms with van der Waals surface area (Å²) in [5, 5.41) is 8.70. The van der Waals surface area contributed by atoms with E-state index in [-0.39, 0.29) is 5.82 Å². The molecule has 0 saturated carbocycles. The minimum Gasteiger partial charge on any atom is -0.324 e. The Kier molecular flexibility index (Phi) is 4.36. The van der Waals surface area contributed by atoms with Gasteiger partial charge in [0.05, 0.1) is 6.54 Å². The number of hydrogen-bond acceptors (Lipinski definition) is 4. The third-order valence-corrected chi connectivity index (χ3v) is 4.04. The highest BCUT2D eigenvalue weighted by Gasteiger charge is 2.09. The fourth-order valence-corrected chi connectivity index (χ4v) is 2.68. The molecule has 7 heteroatoms. The van der Waals surface area contributed by atoms with Crippen molar-refractivity contribution in [3.8, 4) is 0 Å². The van der Waals surface area contributed by atoms with Crippen LogP contribution in [0.15, 0.2) is 27.8 Å². The molecule has 0 unspecified atom stereocenters. The van der Waals surface area contributed by atoms with Crippen LogP contribution in [0.5, 0.6) is 0 Å². The van der Waals surface area contributed by atoms with Crippen LogP contribution in [0, 0.1) is 5.82 Å². The molecule has 0 bridgehead atoms. The first-order valence-electron chi connectivity index (χ1n) is 5.27. The number of hydrogen-bond donors (Lipinski definition) is 1. The van der Waals surface area contributed by atoms with Gasteiger partial charge in [-0.2, -0.15) is 0 Å². The summed E-state index contributed by atoms with van der Waals surface area (Å²) in [6.07, 6.45) is 0. The molecule has 2 rings (SSSR count). The number of rotatable bonds is 4. The van der Waals surface area contributed by atoms with Crippen LogP contribution in [0.1, 0.15) is 11.4 Å². The Morgan fingerprint density at radius 2 is 2.22 bits per heavy atom. The summed E-state index contributed by atoms with van der Waals surface area (Å²) in [5.74, 6) is 1.00. The second-order valence-corrected chi connectivity index (χ2v) is 5.54. The average molecular weight is 331 g/mol. The highest BCUT2D eigenvalue weighted by molar-refractivity contribution is 9.10. The van der Waals surface area contributed by atoms with Crippen molar-refractivity contribution in [1.82, 2.24) is 14.8 Å². The number of halogens is 2. The van der Waals surface area contributed by atoms with E-state index in [1.165, 1.54) is 17.8 Å². The highest BCUT2D eigenvalue weighted by Crippen LogP contribution is 2.24. The SMILES string of the molecule is Cn1c(CN)nnc1SCc1ccc(Br)cc1F. The molecule has 0 atom stereocenters. The molecule has 4 nitrogen and oxygen atoms in total. The van der Waals surface area contributed by atoms with E-state index in [1.54, 1.807) is 6.07 Å². The summed E-state index contributed by atoms with van der Waals surface area (Å²) in [4.78, 5) is 0. The molecule has 2 N–H and O–H groups in total. The molecule has 0 aliphatic carbocycles. The maximum Gasteiger partial charge on any atom is 0.191 e. The van der Waals surface area contributed by atoms with Gasteiger partial charge in [0, 0.05) is 17.3 Å². The number of nitrogens with zero attached hydrogens (tertiary/aromatic N) is 3. The zero-order valence-corrected chi connectivity index (χ0v) is 12.1. The molecule has 0 fully saturated rings. The second kappa shape index (κ2) is 5.81. The lowest BCUT2D eigenvalue weighted by Gasteiger charge is -2.04. The van der Waals surface area contributed by atoms with Crippen LogP contribution in [-0.2, 0) is 19.3 Å². The molecule has 0 radical (unpaired) electrons. The van der Waals surface area contributed by atoms with Crippen molar-refractivity contribution in [2.45, 2.75) is 17.5 Å². The van der Waals surface area contributed by atoms with Crippen LogP contribution in [-0.4, -0.2) is 14.8 Å². The van der Waals surface area contributed by atoms with Crippen molar-refractivity contribution in [2.75, 3.05) is 0 Å². The molecule has 0 spiro atoms. The first-order chi connectivity index (χ1) is 8.61. The third kappa shape index (κ3) is 2.90. The molecule has 1 aromatic carbocycles. The van der Waals surface area contributed by atoms with Crippen LogP contribution < -0.4 is 5.73 Å². The minimum absolute atomic E-state index is 0.224. The Hall–Kier alpha value is -0.920. The first kappa shape index (κ1) is 13.5. The van der Waals surface area contributed by atoms with Gasteiger partial charge in [0.1, 0.15) is 11.6 Å². The topological polar surface area (TPSA) is 56.7 Å². The van der Waals surface area contributed by atoms with Gasteiger partial charge in [0.25, 0.3) is 0 Å². The third-order valence-electron chi connectivity index (χ3n) is 2.48. The quantitative estimate of drug-likeness (QED) is 0.875. The van der Waals surface area contributed by atoms with Gasteiger partial charge in [0.15, 0.2) is 5.16 Å². The number of nitrogens with two attached hydrogens (primary N) is 1. The van der Waals surface area contributed by atoms with Gasteiger partial charge in [-0.15, -0.1) is 10.2 Å². The molecule has 18 heavy (non-hydrogen) atoms. The Bertz CT molecular complexity index is 558. The van der Waals surface area contributed by atoms with E-state index in [9.17, 15) is 4.39 Å². The number of thioether (sulfide) groups is 1. The van der Waals surface area contributed by atoms with Gasteiger partial charge in [-0.1, -0.05) is 33.8 Å². The molecule has 2 aromatic rings. The van der Waals surface area contributed by atoms with Gasteiger partial charge in [-0.25, -0.2) is 4.39 Å². The van der Waals surface area contributed by atoms with E-state index in [1.807, 2.05) is 17.7 Å². The van der Waals surface area contributed by atoms with E-state index in [2.05, 4.69) is 26.1 Å². The van der Waals surface area contributed by atoms with Gasteiger partial charge in [0.2, 0.25) is 0 Å². The molecule has 0 aliphatic heterocycles. The van der Waals surface area contributed by atoms with Crippen LogP contribution in [0.2, 0.25) is 0 Å². The summed E-state index contributed by atoms with van der Waals surface area (Å²) in [6.45, 7) is 0.344. The standard InChI is InChI=1S/C11H12BrFN4S/c1-17-10(5-14)15-16-11(17)18-6-7-2-3-8(12)4-9(7)13/h2-4H,5-6,14H2,1H3. The van der Waals surface area contributed by atoms with Crippen molar-refractivity contribution >= 4 is 27.7 Å². The predicted molar refractivity (Wildman–Crippen MR) is 72.6 cm³/mol. The largest absolute Gasteiger partial charge is 0.324 e. The van der Waals surface area contributed by atoms with E-state index in [0.29, 0.717) is 23.7 Å². The van der Waals surface area contributed by atoms with Crippen molar-refractivity contribution in [1.29, 1.82) is 0 Å². The predicted octanol–water partition coefficient (Wildman–Crippen LogP) is 2.47. The normalized spacial score (nSPS) is 10.9. The van der Waals surface area contributed by atoms with Gasteiger partial charge >= 0.3 is 0 Å².